The third-order valence-corrected chi connectivity index (χ3v) is 3.55. The number of nitrogens with zero attached hydrogens (tertiary/aromatic N) is 3. The lowest BCUT2D eigenvalue weighted by Gasteiger charge is -2.15. The van der Waals surface area contributed by atoms with Gasteiger partial charge in [-0.3, -0.25) is 13.9 Å². The van der Waals surface area contributed by atoms with E-state index in [-0.39, 0.29) is 17.3 Å². The molecule has 1 atom stereocenters. The van der Waals surface area contributed by atoms with E-state index in [4.69, 9.17) is 0 Å². The van der Waals surface area contributed by atoms with Crippen LogP contribution < -0.4 is 16.6 Å². The molecule has 20 heavy (non-hydrogen) atoms. The summed E-state index contributed by atoms with van der Waals surface area (Å²) in [5.41, 5.74) is 0.255. The lowest BCUT2D eigenvalue weighted by Crippen LogP contribution is -2.40. The Labute approximate surface area is 116 Å². The molecule has 2 aromatic rings. The van der Waals surface area contributed by atoms with E-state index in [1.807, 2.05) is 13.8 Å². The molecule has 0 aliphatic heterocycles. The van der Waals surface area contributed by atoms with Crippen molar-refractivity contribution in [2.45, 2.75) is 46.3 Å². The number of nitrogens with one attached hydrogen (secondary N) is 2. The van der Waals surface area contributed by atoms with Crippen LogP contribution in [0, 0.1) is 0 Å². The van der Waals surface area contributed by atoms with Crippen LogP contribution in [0.25, 0.3) is 11.2 Å². The van der Waals surface area contributed by atoms with Gasteiger partial charge in [-0.2, -0.15) is 0 Å². The van der Waals surface area contributed by atoms with Crippen LogP contribution >= 0.6 is 0 Å². The quantitative estimate of drug-likeness (QED) is 0.839. The molecule has 2 heterocycles. The van der Waals surface area contributed by atoms with Crippen LogP contribution in [0.2, 0.25) is 0 Å². The molecule has 2 N–H and O–H groups in total. The van der Waals surface area contributed by atoms with Crippen LogP contribution in [-0.2, 0) is 13.1 Å². The highest BCUT2D eigenvalue weighted by Gasteiger charge is 2.18. The minimum Gasteiger partial charge on any atom is -0.335 e. The number of aromatic amines is 1. The first kappa shape index (κ1) is 14.5. The first-order valence-electron chi connectivity index (χ1n) is 6.93. The van der Waals surface area contributed by atoms with Crippen molar-refractivity contribution in [2.75, 3.05) is 7.05 Å². The zero-order valence-electron chi connectivity index (χ0n) is 12.4. The van der Waals surface area contributed by atoms with Gasteiger partial charge in [0.2, 0.25) is 0 Å². The van der Waals surface area contributed by atoms with Gasteiger partial charge in [0.1, 0.15) is 11.3 Å². The molecule has 7 nitrogen and oxygen atoms in total. The Morgan fingerprint density at radius 1 is 1.35 bits per heavy atom. The van der Waals surface area contributed by atoms with Gasteiger partial charge in [-0.15, -0.1) is 0 Å². The van der Waals surface area contributed by atoms with Gasteiger partial charge >= 0.3 is 5.69 Å². The third-order valence-electron chi connectivity index (χ3n) is 3.55. The monoisotopic (exact) mass is 279 g/mol. The smallest absolute Gasteiger partial charge is 0.332 e. The Bertz CT molecular complexity index is 725. The van der Waals surface area contributed by atoms with Crippen molar-refractivity contribution in [3.8, 4) is 0 Å². The van der Waals surface area contributed by atoms with Gasteiger partial charge in [-0.25, -0.2) is 9.78 Å². The summed E-state index contributed by atoms with van der Waals surface area (Å²) in [7, 11) is 1.80. The number of rotatable bonds is 5. The van der Waals surface area contributed by atoms with Crippen LogP contribution in [0.1, 0.15) is 39.1 Å². The minimum atomic E-state index is -0.304. The van der Waals surface area contributed by atoms with E-state index in [0.29, 0.717) is 30.1 Å². The Morgan fingerprint density at radius 2 is 2.05 bits per heavy atom. The largest absolute Gasteiger partial charge is 0.335 e. The van der Waals surface area contributed by atoms with Crippen molar-refractivity contribution in [3.63, 3.8) is 0 Å². The van der Waals surface area contributed by atoms with Crippen molar-refractivity contribution in [1.29, 1.82) is 0 Å². The predicted octanol–water partition coefficient (Wildman–Crippen LogP) is 0.597. The number of fused-ring (bicyclic) bond motifs is 1. The van der Waals surface area contributed by atoms with Crippen molar-refractivity contribution >= 4 is 11.2 Å². The molecule has 0 amide bonds. The minimum absolute atomic E-state index is 0.00543. The van der Waals surface area contributed by atoms with Crippen LogP contribution in [0.15, 0.2) is 9.59 Å². The highest BCUT2D eigenvalue weighted by molar-refractivity contribution is 5.70. The molecular formula is C13H21N5O2. The maximum absolute atomic E-state index is 12.5. The summed E-state index contributed by atoms with van der Waals surface area (Å²) < 4.78 is 2.85. The van der Waals surface area contributed by atoms with Gasteiger partial charge in [0.15, 0.2) is 5.65 Å². The number of aromatic nitrogens is 4. The maximum atomic E-state index is 12.5. The number of hydrogen-bond donors (Lipinski definition) is 2. The van der Waals surface area contributed by atoms with E-state index in [1.165, 1.54) is 4.57 Å². The SMILES string of the molecule is CCC(C)n1c(=O)n(CC)c(=O)c2[nH]c(CNC)nc21. The highest BCUT2D eigenvalue weighted by Crippen LogP contribution is 2.13. The predicted molar refractivity (Wildman–Crippen MR) is 78.1 cm³/mol. The maximum Gasteiger partial charge on any atom is 0.332 e. The molecule has 110 valence electrons. The number of imidazole rings is 1. The lowest BCUT2D eigenvalue weighted by molar-refractivity contribution is 0.489. The summed E-state index contributed by atoms with van der Waals surface area (Å²) in [5.74, 6) is 0.657. The summed E-state index contributed by atoms with van der Waals surface area (Å²) in [6, 6.07) is -0.00543. The molecule has 7 heteroatoms. The Morgan fingerprint density at radius 3 is 2.60 bits per heavy atom. The standard InChI is InChI=1S/C13H21N5O2/c1-5-8(3)18-11-10(15-9(16-11)7-14-4)12(19)17(6-2)13(18)20/h8,14H,5-7H2,1-4H3,(H,15,16). The fourth-order valence-corrected chi connectivity index (χ4v) is 2.29. The summed E-state index contributed by atoms with van der Waals surface area (Å²) in [5, 5.41) is 2.98. The Balaban J connectivity index is 2.87. The highest BCUT2D eigenvalue weighted by atomic mass is 16.2. The molecule has 2 rings (SSSR count). The summed E-state index contributed by atoms with van der Waals surface area (Å²) in [4.78, 5) is 32.2. The van der Waals surface area contributed by atoms with E-state index in [1.54, 1.807) is 18.5 Å². The van der Waals surface area contributed by atoms with E-state index < -0.39 is 0 Å². The fraction of sp³-hybridized carbons (Fsp3) is 0.615. The van der Waals surface area contributed by atoms with Crippen LogP contribution in [0.5, 0.6) is 0 Å². The van der Waals surface area contributed by atoms with E-state index >= 15 is 0 Å². The van der Waals surface area contributed by atoms with Crippen LogP contribution in [-0.4, -0.2) is 26.1 Å². The molecule has 0 aliphatic rings. The lowest BCUT2D eigenvalue weighted by atomic mass is 10.2. The van der Waals surface area contributed by atoms with Crippen molar-refractivity contribution in [1.82, 2.24) is 24.4 Å². The van der Waals surface area contributed by atoms with Gasteiger partial charge in [0.25, 0.3) is 5.56 Å². The van der Waals surface area contributed by atoms with Gasteiger partial charge in [0.05, 0.1) is 6.54 Å². The first-order chi connectivity index (χ1) is 9.54. The van der Waals surface area contributed by atoms with Gasteiger partial charge in [-0.05, 0) is 27.3 Å². The van der Waals surface area contributed by atoms with Gasteiger partial charge in [-0.1, -0.05) is 6.92 Å². The second-order valence-electron chi connectivity index (χ2n) is 4.87. The molecule has 0 fully saturated rings. The van der Waals surface area contributed by atoms with Gasteiger partial charge < -0.3 is 10.3 Å². The second kappa shape index (κ2) is 5.62. The normalized spacial score (nSPS) is 13.0. The van der Waals surface area contributed by atoms with Crippen molar-refractivity contribution in [2.24, 2.45) is 0 Å². The molecule has 1 unspecified atom stereocenters. The molecule has 2 aromatic heterocycles. The first-order valence-corrected chi connectivity index (χ1v) is 6.93. The van der Waals surface area contributed by atoms with Gasteiger partial charge in [0, 0.05) is 12.6 Å². The molecule has 0 radical (unpaired) electrons. The molecule has 0 saturated carbocycles. The topological polar surface area (TPSA) is 84.7 Å². The average Bonchev–Trinajstić information content (AvgIpc) is 2.83. The zero-order valence-corrected chi connectivity index (χ0v) is 12.4. The Kier molecular flexibility index (Phi) is 4.08. The number of H-pyrrole nitrogens is 1. The van der Waals surface area contributed by atoms with Crippen molar-refractivity contribution < 1.29 is 0 Å². The molecule has 0 bridgehead atoms. The van der Waals surface area contributed by atoms with E-state index in [0.717, 1.165) is 6.42 Å². The molecule has 0 spiro atoms. The summed E-state index contributed by atoms with van der Waals surface area (Å²) in [6.07, 6.45) is 0.797. The zero-order chi connectivity index (χ0) is 14.9. The summed E-state index contributed by atoms with van der Waals surface area (Å²) >= 11 is 0. The molecule has 0 saturated heterocycles. The number of hydrogen-bond acceptors (Lipinski definition) is 4. The van der Waals surface area contributed by atoms with E-state index in [2.05, 4.69) is 15.3 Å². The summed E-state index contributed by atoms with van der Waals surface area (Å²) in [6.45, 7) is 6.63. The van der Waals surface area contributed by atoms with Crippen LogP contribution in [0.4, 0.5) is 0 Å². The third kappa shape index (κ3) is 2.18. The molecule has 0 aromatic carbocycles. The molecule has 0 aliphatic carbocycles. The molecular weight excluding hydrogens is 258 g/mol. The fourth-order valence-electron chi connectivity index (χ4n) is 2.29. The van der Waals surface area contributed by atoms with Crippen LogP contribution in [0.3, 0.4) is 0 Å². The Hall–Kier alpha value is -1.89. The van der Waals surface area contributed by atoms with E-state index in [9.17, 15) is 9.59 Å². The van der Waals surface area contributed by atoms with Crippen molar-refractivity contribution in [3.05, 3.63) is 26.7 Å². The average molecular weight is 279 g/mol. The second-order valence-corrected chi connectivity index (χ2v) is 4.87.